The maximum atomic E-state index is 5.84. The summed E-state index contributed by atoms with van der Waals surface area (Å²) in [6.07, 6.45) is 1.78. The Bertz CT molecular complexity index is 1350. The molecular weight excluding hydrogens is 586 g/mol. The van der Waals surface area contributed by atoms with E-state index in [0.29, 0.717) is 0 Å². The van der Waals surface area contributed by atoms with Gasteiger partial charge in [0.15, 0.2) is 0 Å². The van der Waals surface area contributed by atoms with Crippen molar-refractivity contribution in [2.24, 2.45) is 0 Å². The molecule has 1 fully saturated rings. The fourth-order valence-electron chi connectivity index (χ4n) is 5.38. The van der Waals surface area contributed by atoms with E-state index in [4.69, 9.17) is 19.4 Å². The van der Waals surface area contributed by atoms with E-state index in [0.717, 1.165) is 29.6 Å². The van der Waals surface area contributed by atoms with Crippen molar-refractivity contribution in [2.45, 2.75) is 41.5 Å². The van der Waals surface area contributed by atoms with Crippen molar-refractivity contribution >= 4 is 46.3 Å². The Kier molecular flexibility index (Phi) is 9.06. The van der Waals surface area contributed by atoms with E-state index in [2.05, 4.69) is 87.3 Å². The van der Waals surface area contributed by atoms with Crippen molar-refractivity contribution in [3.05, 3.63) is 106 Å². The van der Waals surface area contributed by atoms with Crippen molar-refractivity contribution in [1.82, 2.24) is 4.98 Å². The molecule has 1 saturated heterocycles. The first-order valence-electron chi connectivity index (χ1n) is 12.3. The standard InChI is InChI=1S/C21H27N2.C10H7N.2ClH.Ru/c1-14-9-16(3)20(17(4)10-14)22-7-8-23(13-22)21-18(5)11-15(2)12-19(21)6;1-8-4-2-5-9-6-3-7-11-10(8)9;;;/h9-13H,7-8H2,1-6H3;1-7H;2*1H;/q-1;;;;+2/p-2. The van der Waals surface area contributed by atoms with E-state index in [-0.39, 0.29) is 0 Å². The number of halogens is 2. The second-order valence-electron chi connectivity index (χ2n) is 9.73. The van der Waals surface area contributed by atoms with Gasteiger partial charge in [-0.2, -0.15) is 6.67 Å². The molecule has 0 amide bonds. The summed E-state index contributed by atoms with van der Waals surface area (Å²) in [7, 11) is 11.7. The van der Waals surface area contributed by atoms with Crippen LogP contribution in [-0.4, -0.2) is 22.7 Å². The maximum absolute atomic E-state index is 5.84. The van der Waals surface area contributed by atoms with Gasteiger partial charge in [0.05, 0.1) is 0 Å². The molecule has 1 aliphatic rings. The summed E-state index contributed by atoms with van der Waals surface area (Å²) in [5.74, 6) is 0. The van der Waals surface area contributed by atoms with E-state index in [1.165, 1.54) is 44.8 Å². The van der Waals surface area contributed by atoms with Crippen molar-refractivity contribution in [1.29, 1.82) is 0 Å². The molecule has 0 radical (unpaired) electrons. The normalized spacial score (nSPS) is 13.5. The van der Waals surface area contributed by atoms with Crippen LogP contribution in [0.1, 0.15) is 38.9 Å². The number of para-hydroxylation sites is 1. The first-order valence-corrected chi connectivity index (χ1v) is 17.8. The van der Waals surface area contributed by atoms with Gasteiger partial charge in [-0.25, -0.2) is 0 Å². The van der Waals surface area contributed by atoms with Crippen LogP contribution in [0.15, 0.2) is 60.8 Å². The Labute approximate surface area is 234 Å². The average molecular weight is 621 g/mol. The van der Waals surface area contributed by atoms with Gasteiger partial charge in [-0.05, 0) is 63.8 Å². The number of rotatable bonds is 3. The number of aryl methyl sites for hydroxylation is 6. The fourth-order valence-corrected chi connectivity index (χ4v) is 7.18. The summed E-state index contributed by atoms with van der Waals surface area (Å²) >= 11 is -1.76. The minimum absolute atomic E-state index is 0.968. The van der Waals surface area contributed by atoms with Crippen LogP contribution in [0.3, 0.4) is 0 Å². The molecule has 0 spiro atoms. The van der Waals surface area contributed by atoms with E-state index in [1.807, 2.05) is 34.9 Å². The third-order valence-electron chi connectivity index (χ3n) is 6.56. The minimum atomic E-state index is -1.76. The van der Waals surface area contributed by atoms with Gasteiger partial charge in [0.25, 0.3) is 0 Å². The molecule has 2 heterocycles. The van der Waals surface area contributed by atoms with Gasteiger partial charge in [-0.1, -0.05) is 35.4 Å². The number of hydrogen-bond acceptors (Lipinski definition) is 3. The van der Waals surface area contributed by atoms with E-state index in [9.17, 15) is 0 Å². The van der Waals surface area contributed by atoms with E-state index >= 15 is 0 Å². The van der Waals surface area contributed by atoms with E-state index < -0.39 is 13.5 Å². The third kappa shape index (κ3) is 6.61. The molecular formula is C31H34Cl2N3Ru-. The van der Waals surface area contributed by atoms with Gasteiger partial charge in [-0.3, -0.25) is 0 Å². The molecule has 3 nitrogen and oxygen atoms in total. The molecule has 37 heavy (non-hydrogen) atoms. The summed E-state index contributed by atoms with van der Waals surface area (Å²) in [6.45, 7) is 17.6. The summed E-state index contributed by atoms with van der Waals surface area (Å²) in [6, 6.07) is 19.1. The Hall–Kier alpha value is -2.26. The molecule has 0 saturated carbocycles. The van der Waals surface area contributed by atoms with Crippen molar-refractivity contribution < 1.29 is 13.5 Å². The van der Waals surface area contributed by atoms with Gasteiger partial charge in [0.1, 0.15) is 0 Å². The average Bonchev–Trinajstić information content (AvgIpc) is 3.27. The molecule has 1 aromatic heterocycles. The zero-order chi connectivity index (χ0) is 26.7. The van der Waals surface area contributed by atoms with Gasteiger partial charge < -0.3 is 9.80 Å². The zero-order valence-electron chi connectivity index (χ0n) is 22.3. The van der Waals surface area contributed by atoms with Crippen LogP contribution >= 0.6 is 19.4 Å². The Morgan fingerprint density at radius 1 is 0.757 bits per heavy atom. The van der Waals surface area contributed by atoms with Crippen LogP contribution < -0.4 is 9.80 Å². The van der Waals surface area contributed by atoms with Crippen molar-refractivity contribution in [3.63, 3.8) is 0 Å². The molecule has 3 aromatic carbocycles. The first-order chi connectivity index (χ1) is 17.6. The molecule has 5 rings (SSSR count). The van der Waals surface area contributed by atoms with Crippen LogP contribution in [0.25, 0.3) is 10.9 Å². The number of pyridine rings is 1. The van der Waals surface area contributed by atoms with Gasteiger partial charge in [0, 0.05) is 24.5 Å². The number of anilines is 2. The topological polar surface area (TPSA) is 19.4 Å². The predicted octanol–water partition coefficient (Wildman–Crippen LogP) is 8.29. The fraction of sp³-hybridized carbons (Fsp3) is 0.258. The predicted molar refractivity (Wildman–Crippen MR) is 159 cm³/mol. The molecule has 196 valence electrons. The van der Waals surface area contributed by atoms with Gasteiger partial charge in [0.2, 0.25) is 0 Å². The van der Waals surface area contributed by atoms with Crippen LogP contribution in [0.5, 0.6) is 0 Å². The number of fused-ring (bicyclic) bond motifs is 1. The first kappa shape index (κ1) is 27.8. The van der Waals surface area contributed by atoms with Gasteiger partial charge in [-0.15, -0.1) is 0 Å². The molecule has 1 aliphatic heterocycles. The summed E-state index contributed by atoms with van der Waals surface area (Å²) < 4.78 is 1.92. The van der Waals surface area contributed by atoms with Crippen molar-refractivity contribution in [2.75, 3.05) is 22.9 Å². The number of nitrogens with zero attached hydrogens (tertiary/aromatic N) is 3. The Morgan fingerprint density at radius 2 is 1.24 bits per heavy atom. The van der Waals surface area contributed by atoms with Crippen LogP contribution in [0, 0.1) is 48.2 Å². The molecule has 4 aromatic rings. The molecule has 0 aliphatic carbocycles. The Morgan fingerprint density at radius 3 is 1.73 bits per heavy atom. The number of hydrogen-bond donors (Lipinski definition) is 0. The molecule has 0 N–H and O–H groups in total. The van der Waals surface area contributed by atoms with Crippen molar-refractivity contribution in [3.8, 4) is 0 Å². The molecule has 0 unspecified atom stereocenters. The second kappa shape index (κ2) is 12.1. The number of aromatic nitrogens is 1. The van der Waals surface area contributed by atoms with Crippen LogP contribution in [0.4, 0.5) is 11.4 Å². The Balaban J connectivity index is 0.000000195. The van der Waals surface area contributed by atoms with Crippen LogP contribution in [-0.2, 0) is 13.5 Å². The van der Waals surface area contributed by atoms with E-state index in [1.54, 1.807) is 6.20 Å². The zero-order valence-corrected chi connectivity index (χ0v) is 25.5. The van der Waals surface area contributed by atoms with Gasteiger partial charge >= 0.3 is 95.5 Å². The summed E-state index contributed by atoms with van der Waals surface area (Å²) in [4.78, 5) is 9.12. The molecule has 6 heteroatoms. The second-order valence-corrected chi connectivity index (χ2v) is 15.5. The van der Waals surface area contributed by atoms with Crippen LogP contribution in [0.2, 0.25) is 0 Å². The monoisotopic (exact) mass is 620 g/mol. The molecule has 0 bridgehead atoms. The third-order valence-corrected chi connectivity index (χ3v) is 8.39. The SMILES string of the molecule is Cc1cc(C)c(N2[CH-]N(c3c(C)cc(C)cc3C)CC2)c(C)c1.[Cl][Ru]([Cl])=[CH]c1cccc2cccnc12. The quantitative estimate of drug-likeness (QED) is 0.170. The summed E-state index contributed by atoms with van der Waals surface area (Å²) in [5, 5.41) is 1.12. The summed E-state index contributed by atoms with van der Waals surface area (Å²) in [5.41, 5.74) is 12.8. The molecule has 0 atom stereocenters. The number of benzene rings is 3.